The highest BCUT2D eigenvalue weighted by Crippen LogP contribution is 2.29. The molecule has 0 aliphatic carbocycles. The zero-order chi connectivity index (χ0) is 10.3. The summed E-state index contributed by atoms with van der Waals surface area (Å²) in [5.74, 6) is 2.87. The van der Waals surface area contributed by atoms with Crippen LogP contribution in [0.2, 0.25) is 0 Å². The minimum absolute atomic E-state index is 0.922. The summed E-state index contributed by atoms with van der Waals surface area (Å²) in [5.41, 5.74) is 0. The molecule has 0 saturated carbocycles. The fourth-order valence-corrected chi connectivity index (χ4v) is 2.33. The third-order valence-corrected chi connectivity index (χ3v) is 3.64. The van der Waals surface area contributed by atoms with E-state index in [1.54, 1.807) is 0 Å². The van der Waals surface area contributed by atoms with Crippen molar-refractivity contribution in [1.82, 2.24) is 0 Å². The van der Waals surface area contributed by atoms with Gasteiger partial charge in [-0.15, -0.1) is 0 Å². The molecule has 0 saturated heterocycles. The van der Waals surface area contributed by atoms with Gasteiger partial charge in [0.15, 0.2) is 0 Å². The molecule has 0 heterocycles. The van der Waals surface area contributed by atoms with Crippen LogP contribution in [0.25, 0.3) is 0 Å². The highest BCUT2D eigenvalue weighted by Gasteiger charge is 2.18. The third-order valence-electron chi connectivity index (χ3n) is 3.64. The van der Waals surface area contributed by atoms with E-state index in [0.29, 0.717) is 0 Å². The lowest BCUT2D eigenvalue weighted by Crippen LogP contribution is -2.15. The Morgan fingerprint density at radius 2 is 1.15 bits per heavy atom. The lowest BCUT2D eigenvalue weighted by Gasteiger charge is -2.26. The molecule has 2 unspecified atom stereocenters. The molecule has 80 valence electrons. The molecule has 0 rings (SSSR count). The van der Waals surface area contributed by atoms with E-state index in [-0.39, 0.29) is 0 Å². The average molecular weight is 184 g/mol. The second kappa shape index (κ2) is 7.41. The molecule has 0 aromatic rings. The van der Waals surface area contributed by atoms with Gasteiger partial charge in [-0.05, 0) is 24.2 Å². The van der Waals surface area contributed by atoms with Crippen LogP contribution in [0.3, 0.4) is 0 Å². The van der Waals surface area contributed by atoms with Gasteiger partial charge in [-0.1, -0.05) is 60.3 Å². The Labute approximate surface area is 85.1 Å². The van der Waals surface area contributed by atoms with E-state index in [9.17, 15) is 0 Å². The van der Waals surface area contributed by atoms with Gasteiger partial charge in [0.05, 0.1) is 0 Å². The van der Waals surface area contributed by atoms with E-state index in [1.807, 2.05) is 0 Å². The molecule has 0 aromatic carbocycles. The predicted octanol–water partition coefficient (Wildman–Crippen LogP) is 4.89. The molecule has 0 nitrogen and oxygen atoms in total. The van der Waals surface area contributed by atoms with Gasteiger partial charge in [0, 0.05) is 0 Å². The molecule has 0 N–H and O–H groups in total. The number of hydrogen-bond donors (Lipinski definition) is 0. The zero-order valence-corrected chi connectivity index (χ0v) is 10.3. The fourth-order valence-electron chi connectivity index (χ4n) is 2.33. The Kier molecular flexibility index (Phi) is 7.41. The molecule has 0 radical (unpaired) electrons. The van der Waals surface area contributed by atoms with E-state index < -0.39 is 0 Å². The summed E-state index contributed by atoms with van der Waals surface area (Å²) < 4.78 is 0. The SMILES string of the molecule is CCC(C)CC(CC)C(CC)CC. The Balaban J connectivity index is 3.98. The van der Waals surface area contributed by atoms with Crippen LogP contribution in [0.15, 0.2) is 0 Å². The summed E-state index contributed by atoms with van der Waals surface area (Å²) >= 11 is 0. The first kappa shape index (κ1) is 13.0. The van der Waals surface area contributed by atoms with Crippen LogP contribution < -0.4 is 0 Å². The standard InChI is InChI=1S/C13H28/c1-6-11(5)10-13(9-4)12(7-2)8-3/h11-13H,6-10H2,1-5H3. The van der Waals surface area contributed by atoms with Gasteiger partial charge in [-0.3, -0.25) is 0 Å². The Hall–Kier alpha value is 0. The second-order valence-electron chi connectivity index (χ2n) is 4.49. The third kappa shape index (κ3) is 4.69. The van der Waals surface area contributed by atoms with E-state index in [1.165, 1.54) is 32.1 Å². The van der Waals surface area contributed by atoms with Crippen LogP contribution in [0.4, 0.5) is 0 Å². The van der Waals surface area contributed by atoms with Gasteiger partial charge in [0.25, 0.3) is 0 Å². The summed E-state index contributed by atoms with van der Waals surface area (Å²) in [4.78, 5) is 0. The molecule has 0 fully saturated rings. The molecule has 13 heavy (non-hydrogen) atoms. The minimum atomic E-state index is 0.922. The Bertz CT molecular complexity index is 103. The van der Waals surface area contributed by atoms with Crippen molar-refractivity contribution in [2.45, 2.75) is 66.7 Å². The largest absolute Gasteiger partial charge is 0.0651 e. The van der Waals surface area contributed by atoms with Crippen molar-refractivity contribution >= 4 is 0 Å². The normalized spacial score (nSPS) is 16.2. The van der Waals surface area contributed by atoms with E-state index in [4.69, 9.17) is 0 Å². The monoisotopic (exact) mass is 184 g/mol. The van der Waals surface area contributed by atoms with Gasteiger partial charge in [-0.25, -0.2) is 0 Å². The quantitative estimate of drug-likeness (QED) is 0.528. The van der Waals surface area contributed by atoms with Crippen molar-refractivity contribution < 1.29 is 0 Å². The molecule has 0 amide bonds. The summed E-state index contributed by atoms with van der Waals surface area (Å²) in [5, 5.41) is 0. The van der Waals surface area contributed by atoms with E-state index in [2.05, 4.69) is 34.6 Å². The van der Waals surface area contributed by atoms with Crippen LogP contribution in [0.5, 0.6) is 0 Å². The summed E-state index contributed by atoms with van der Waals surface area (Å²) in [7, 11) is 0. The molecule has 0 spiro atoms. The van der Waals surface area contributed by atoms with Crippen LogP contribution >= 0.6 is 0 Å². The molecule has 0 aliphatic heterocycles. The van der Waals surface area contributed by atoms with E-state index in [0.717, 1.165) is 17.8 Å². The van der Waals surface area contributed by atoms with Crippen LogP contribution in [0.1, 0.15) is 66.7 Å². The fraction of sp³-hybridized carbons (Fsp3) is 1.00. The van der Waals surface area contributed by atoms with Crippen molar-refractivity contribution in [3.8, 4) is 0 Å². The molecule has 0 heteroatoms. The van der Waals surface area contributed by atoms with Crippen molar-refractivity contribution in [2.75, 3.05) is 0 Å². The first-order chi connectivity index (χ1) is 6.19. The predicted molar refractivity (Wildman–Crippen MR) is 61.9 cm³/mol. The summed E-state index contributed by atoms with van der Waals surface area (Å²) in [6, 6.07) is 0. The molecule has 0 bridgehead atoms. The average Bonchev–Trinajstić information content (AvgIpc) is 2.17. The van der Waals surface area contributed by atoms with Crippen molar-refractivity contribution in [1.29, 1.82) is 0 Å². The van der Waals surface area contributed by atoms with Gasteiger partial charge >= 0.3 is 0 Å². The summed E-state index contributed by atoms with van der Waals surface area (Å²) in [6.45, 7) is 11.7. The Morgan fingerprint density at radius 3 is 1.46 bits per heavy atom. The first-order valence-corrected chi connectivity index (χ1v) is 6.19. The molecular formula is C13H28. The topological polar surface area (TPSA) is 0 Å². The van der Waals surface area contributed by atoms with Gasteiger partial charge < -0.3 is 0 Å². The Morgan fingerprint density at radius 1 is 0.692 bits per heavy atom. The van der Waals surface area contributed by atoms with Crippen molar-refractivity contribution in [2.24, 2.45) is 17.8 Å². The summed E-state index contributed by atoms with van der Waals surface area (Å²) in [6.07, 6.45) is 6.89. The number of hydrogen-bond acceptors (Lipinski definition) is 0. The van der Waals surface area contributed by atoms with Crippen LogP contribution in [0, 0.1) is 17.8 Å². The minimum Gasteiger partial charge on any atom is -0.0651 e. The number of rotatable bonds is 7. The van der Waals surface area contributed by atoms with Crippen LogP contribution in [-0.2, 0) is 0 Å². The van der Waals surface area contributed by atoms with Gasteiger partial charge in [0.2, 0.25) is 0 Å². The zero-order valence-electron chi connectivity index (χ0n) is 10.3. The maximum atomic E-state index is 2.39. The molecular weight excluding hydrogens is 156 g/mol. The van der Waals surface area contributed by atoms with Crippen molar-refractivity contribution in [3.05, 3.63) is 0 Å². The van der Waals surface area contributed by atoms with Crippen LogP contribution in [-0.4, -0.2) is 0 Å². The van der Waals surface area contributed by atoms with Gasteiger partial charge in [0.1, 0.15) is 0 Å². The highest BCUT2D eigenvalue weighted by atomic mass is 14.2. The van der Waals surface area contributed by atoms with Gasteiger partial charge in [-0.2, -0.15) is 0 Å². The smallest absolute Gasteiger partial charge is 0.0386 e. The van der Waals surface area contributed by atoms with Crippen molar-refractivity contribution in [3.63, 3.8) is 0 Å². The lowest BCUT2D eigenvalue weighted by molar-refractivity contribution is 0.249. The lowest BCUT2D eigenvalue weighted by atomic mass is 9.80. The highest BCUT2D eigenvalue weighted by molar-refractivity contribution is 4.69. The maximum Gasteiger partial charge on any atom is -0.0386 e. The second-order valence-corrected chi connectivity index (χ2v) is 4.49. The van der Waals surface area contributed by atoms with E-state index >= 15 is 0 Å². The maximum absolute atomic E-state index is 2.39. The first-order valence-electron chi connectivity index (χ1n) is 6.19. The molecule has 0 aromatic heterocycles. The molecule has 2 atom stereocenters. The molecule has 0 aliphatic rings.